The molecule has 1 saturated heterocycles. The van der Waals surface area contributed by atoms with Crippen molar-refractivity contribution in [3.05, 3.63) is 86.2 Å². The van der Waals surface area contributed by atoms with E-state index in [1.54, 1.807) is 0 Å². The molecule has 0 saturated carbocycles. The fraction of sp³-hybridized carbons (Fsp3) is 0.360. The highest BCUT2D eigenvalue weighted by Gasteiger charge is 2.21. The number of rotatable bonds is 5. The third-order valence-corrected chi connectivity index (χ3v) is 6.54. The van der Waals surface area contributed by atoms with Crippen LogP contribution in [0.3, 0.4) is 0 Å². The van der Waals surface area contributed by atoms with Crippen LogP contribution in [0.5, 0.6) is 0 Å². The van der Waals surface area contributed by atoms with Gasteiger partial charge in [-0.25, -0.2) is 9.97 Å². The first kappa shape index (κ1) is 22.1. The summed E-state index contributed by atoms with van der Waals surface area (Å²) >= 11 is 12.1. The van der Waals surface area contributed by atoms with Gasteiger partial charge < -0.3 is 4.90 Å². The number of aromatic nitrogens is 2. The molecule has 1 aliphatic heterocycles. The van der Waals surface area contributed by atoms with Crippen LogP contribution in [-0.2, 0) is 13.0 Å². The van der Waals surface area contributed by atoms with Crippen molar-refractivity contribution in [2.45, 2.75) is 33.7 Å². The first-order valence-electron chi connectivity index (χ1n) is 10.7. The monoisotopic (exact) mass is 454 g/mol. The van der Waals surface area contributed by atoms with Crippen molar-refractivity contribution in [1.82, 2.24) is 14.9 Å². The molecule has 6 heteroatoms. The molecule has 0 N–H and O–H groups in total. The molecular formula is C25H28Cl2N4. The van der Waals surface area contributed by atoms with Gasteiger partial charge in [-0.05, 0) is 67.3 Å². The molecule has 1 fully saturated rings. The van der Waals surface area contributed by atoms with Crippen molar-refractivity contribution in [3.63, 3.8) is 0 Å². The largest absolute Gasteiger partial charge is 0.338 e. The molecule has 0 aliphatic carbocycles. The molecule has 1 aliphatic rings. The van der Waals surface area contributed by atoms with Gasteiger partial charge in [0.15, 0.2) is 0 Å². The second kappa shape index (κ2) is 9.56. The van der Waals surface area contributed by atoms with E-state index >= 15 is 0 Å². The summed E-state index contributed by atoms with van der Waals surface area (Å²) in [6.07, 6.45) is 0.823. The number of halogens is 2. The highest BCUT2D eigenvalue weighted by molar-refractivity contribution is 6.30. The Morgan fingerprint density at radius 2 is 1.42 bits per heavy atom. The lowest BCUT2D eigenvalue weighted by Gasteiger charge is -2.35. The number of hydrogen-bond donors (Lipinski definition) is 0. The van der Waals surface area contributed by atoms with Crippen LogP contribution in [0.1, 0.15) is 33.6 Å². The number of hydrogen-bond acceptors (Lipinski definition) is 4. The van der Waals surface area contributed by atoms with Gasteiger partial charge in [0.1, 0.15) is 0 Å². The number of anilines is 1. The Balaban J connectivity index is 1.40. The predicted octanol–water partition coefficient (Wildman–Crippen LogP) is 5.62. The van der Waals surface area contributed by atoms with Crippen LogP contribution < -0.4 is 4.90 Å². The zero-order valence-electron chi connectivity index (χ0n) is 18.3. The van der Waals surface area contributed by atoms with Crippen LogP contribution in [0.25, 0.3) is 0 Å². The van der Waals surface area contributed by atoms with E-state index in [0.29, 0.717) is 0 Å². The molecule has 0 radical (unpaired) electrons. The van der Waals surface area contributed by atoms with Gasteiger partial charge in [0.05, 0.1) is 0 Å². The molecule has 1 aromatic heterocycles. The number of benzene rings is 2. The number of aryl methyl sites for hydroxylation is 3. The van der Waals surface area contributed by atoms with Crippen LogP contribution in [0.2, 0.25) is 10.0 Å². The van der Waals surface area contributed by atoms with Crippen LogP contribution in [0, 0.1) is 20.8 Å². The topological polar surface area (TPSA) is 32.3 Å². The fourth-order valence-corrected chi connectivity index (χ4v) is 4.46. The van der Waals surface area contributed by atoms with Gasteiger partial charge in [-0.1, -0.05) is 41.4 Å². The highest BCUT2D eigenvalue weighted by Crippen LogP contribution is 2.22. The van der Waals surface area contributed by atoms with Gasteiger partial charge in [0.2, 0.25) is 5.95 Å². The van der Waals surface area contributed by atoms with Crippen LogP contribution in [0.4, 0.5) is 5.95 Å². The first-order valence-corrected chi connectivity index (χ1v) is 11.5. The van der Waals surface area contributed by atoms with Crippen molar-refractivity contribution in [2.75, 3.05) is 31.1 Å². The molecule has 2 heterocycles. The van der Waals surface area contributed by atoms with Crippen molar-refractivity contribution in [3.8, 4) is 0 Å². The van der Waals surface area contributed by atoms with E-state index in [4.69, 9.17) is 33.2 Å². The van der Waals surface area contributed by atoms with E-state index in [2.05, 4.69) is 48.8 Å². The number of piperazine rings is 1. The molecule has 2 aromatic carbocycles. The van der Waals surface area contributed by atoms with Gasteiger partial charge >= 0.3 is 0 Å². The van der Waals surface area contributed by atoms with Gasteiger partial charge in [0.25, 0.3) is 0 Å². The molecule has 4 rings (SSSR count). The second-order valence-corrected chi connectivity index (χ2v) is 9.18. The molecule has 0 spiro atoms. The average Bonchev–Trinajstić information content (AvgIpc) is 2.74. The number of nitrogens with zero attached hydrogens (tertiary/aromatic N) is 4. The summed E-state index contributed by atoms with van der Waals surface area (Å²) < 4.78 is 0. The summed E-state index contributed by atoms with van der Waals surface area (Å²) in [4.78, 5) is 14.5. The van der Waals surface area contributed by atoms with Crippen molar-refractivity contribution < 1.29 is 0 Å². The lowest BCUT2D eigenvalue weighted by molar-refractivity contribution is 0.248. The molecule has 0 atom stereocenters. The Labute approximate surface area is 194 Å². The summed E-state index contributed by atoms with van der Waals surface area (Å²) in [5.74, 6) is 0.845. The molecule has 31 heavy (non-hydrogen) atoms. The van der Waals surface area contributed by atoms with E-state index in [0.717, 1.165) is 66.5 Å². The molecule has 162 valence electrons. The fourth-order valence-electron chi connectivity index (χ4n) is 4.11. The van der Waals surface area contributed by atoms with Gasteiger partial charge in [-0.15, -0.1) is 0 Å². The molecule has 0 unspecified atom stereocenters. The molecule has 0 amide bonds. The minimum atomic E-state index is 0.758. The van der Waals surface area contributed by atoms with Crippen LogP contribution >= 0.6 is 23.2 Å². The molecule has 0 bridgehead atoms. The molecule has 3 aromatic rings. The standard InChI is InChI=1S/C25H28Cl2N4/c1-17-14-23(27)9-6-21(17)16-30-10-12-31(13-11-30)25-28-18(2)24(19(3)29-25)15-20-4-7-22(26)8-5-20/h4-9,14H,10-13,15-16H2,1-3H3. The van der Waals surface area contributed by atoms with E-state index in [1.165, 1.54) is 22.3 Å². The van der Waals surface area contributed by atoms with Crippen molar-refractivity contribution in [2.24, 2.45) is 0 Å². The van der Waals surface area contributed by atoms with E-state index in [9.17, 15) is 0 Å². The predicted molar refractivity (Wildman–Crippen MR) is 129 cm³/mol. The van der Waals surface area contributed by atoms with Crippen LogP contribution in [-0.4, -0.2) is 41.0 Å². The summed E-state index contributed by atoms with van der Waals surface area (Å²) in [5, 5.41) is 1.56. The smallest absolute Gasteiger partial charge is 0.225 e. The van der Waals surface area contributed by atoms with Crippen LogP contribution in [0.15, 0.2) is 42.5 Å². The molecular weight excluding hydrogens is 427 g/mol. The summed E-state index contributed by atoms with van der Waals surface area (Å²) in [6, 6.07) is 14.2. The zero-order valence-corrected chi connectivity index (χ0v) is 19.8. The second-order valence-electron chi connectivity index (χ2n) is 8.31. The summed E-state index contributed by atoms with van der Waals surface area (Å²) in [7, 11) is 0. The first-order chi connectivity index (χ1) is 14.9. The quantitative estimate of drug-likeness (QED) is 0.500. The Kier molecular flexibility index (Phi) is 6.80. The minimum absolute atomic E-state index is 0.758. The Hall–Kier alpha value is -2.14. The van der Waals surface area contributed by atoms with Crippen molar-refractivity contribution in [1.29, 1.82) is 0 Å². The Bertz CT molecular complexity index is 1030. The van der Waals surface area contributed by atoms with E-state index in [-0.39, 0.29) is 0 Å². The van der Waals surface area contributed by atoms with Crippen molar-refractivity contribution >= 4 is 29.2 Å². The lowest BCUT2D eigenvalue weighted by atomic mass is 10.0. The van der Waals surface area contributed by atoms with Gasteiger partial charge in [0, 0.05) is 60.6 Å². The van der Waals surface area contributed by atoms with Gasteiger partial charge in [-0.2, -0.15) is 0 Å². The Morgan fingerprint density at radius 1 is 0.806 bits per heavy atom. The third-order valence-electron chi connectivity index (χ3n) is 6.06. The third kappa shape index (κ3) is 5.38. The SMILES string of the molecule is Cc1cc(Cl)ccc1CN1CCN(c2nc(C)c(Cc3ccc(Cl)cc3)c(C)n2)CC1. The molecule has 4 nitrogen and oxygen atoms in total. The summed E-state index contributed by atoms with van der Waals surface area (Å²) in [6.45, 7) is 11.1. The van der Waals surface area contributed by atoms with E-state index < -0.39 is 0 Å². The Morgan fingerprint density at radius 3 is 2.03 bits per heavy atom. The average molecular weight is 455 g/mol. The maximum atomic E-state index is 6.10. The maximum Gasteiger partial charge on any atom is 0.225 e. The highest BCUT2D eigenvalue weighted by atomic mass is 35.5. The summed E-state index contributed by atoms with van der Waals surface area (Å²) in [5.41, 5.74) is 7.11. The van der Waals surface area contributed by atoms with E-state index in [1.807, 2.05) is 24.3 Å². The minimum Gasteiger partial charge on any atom is -0.338 e. The van der Waals surface area contributed by atoms with Gasteiger partial charge in [-0.3, -0.25) is 4.90 Å². The lowest BCUT2D eigenvalue weighted by Crippen LogP contribution is -2.46. The zero-order chi connectivity index (χ0) is 22.0. The normalized spacial score (nSPS) is 14.8. The maximum absolute atomic E-state index is 6.10.